The number of nitrogens with zero attached hydrogens (tertiary/aromatic N) is 3. The van der Waals surface area contributed by atoms with Crippen LogP contribution in [-0.2, 0) is 0 Å². The summed E-state index contributed by atoms with van der Waals surface area (Å²) in [4.78, 5) is 8.47. The van der Waals surface area contributed by atoms with Crippen molar-refractivity contribution in [2.24, 2.45) is 5.84 Å². The number of fused-ring (bicyclic) bond motifs is 1. The Morgan fingerprint density at radius 3 is 2.95 bits per heavy atom. The number of hydrogen-bond acceptors (Lipinski definition) is 6. The first-order valence-electron chi connectivity index (χ1n) is 5.77. The Balaban J connectivity index is 2.06. The van der Waals surface area contributed by atoms with Gasteiger partial charge < -0.3 is 5.32 Å². The highest BCUT2D eigenvalue weighted by Gasteiger charge is 2.09. The van der Waals surface area contributed by atoms with E-state index in [4.69, 9.17) is 5.84 Å². The fraction of sp³-hybridized carbons (Fsp3) is 0.0833. The van der Waals surface area contributed by atoms with Crippen LogP contribution in [0.2, 0.25) is 0 Å². The van der Waals surface area contributed by atoms with Crippen molar-refractivity contribution in [3.05, 3.63) is 36.0 Å². The lowest BCUT2D eigenvalue weighted by molar-refractivity contribution is 1.08. The van der Waals surface area contributed by atoms with E-state index in [1.807, 2.05) is 31.2 Å². The first kappa shape index (κ1) is 11.4. The number of aryl methyl sites for hydroxylation is 1. The molecule has 0 spiro atoms. The Kier molecular flexibility index (Phi) is 2.73. The molecule has 0 unspecified atom stereocenters. The molecule has 0 bridgehead atoms. The molecule has 0 amide bonds. The van der Waals surface area contributed by atoms with Gasteiger partial charge in [-0.05, 0) is 24.6 Å². The number of nitrogens with one attached hydrogen (secondary N) is 3. The maximum Gasteiger partial charge on any atom is 0.241 e. The lowest BCUT2D eigenvalue weighted by Gasteiger charge is -2.08. The SMILES string of the molecule is Cc1cccc(Nc2nc(NN)nc3[nH]ncc23)c1. The third kappa shape index (κ3) is 2.18. The molecular weight excluding hydrogens is 242 g/mol. The Labute approximate surface area is 109 Å². The highest BCUT2D eigenvalue weighted by Crippen LogP contribution is 2.23. The van der Waals surface area contributed by atoms with Crippen LogP contribution in [0.4, 0.5) is 17.5 Å². The van der Waals surface area contributed by atoms with E-state index >= 15 is 0 Å². The standard InChI is InChI=1S/C12H13N7/c1-7-3-2-4-8(5-7)15-10-9-6-14-19-11(9)17-12(16-10)18-13/h2-6H,13H2,1H3,(H3,14,15,16,17,18,19). The third-order valence-corrected chi connectivity index (χ3v) is 2.72. The number of benzene rings is 1. The number of rotatable bonds is 3. The van der Waals surface area contributed by atoms with Gasteiger partial charge in [-0.1, -0.05) is 12.1 Å². The summed E-state index contributed by atoms with van der Waals surface area (Å²) in [5.74, 6) is 6.34. The molecular formula is C12H13N7. The molecule has 3 rings (SSSR count). The van der Waals surface area contributed by atoms with Crippen molar-refractivity contribution in [2.75, 3.05) is 10.7 Å². The molecule has 0 aliphatic rings. The molecule has 0 aliphatic heterocycles. The fourth-order valence-electron chi connectivity index (χ4n) is 1.85. The second-order valence-corrected chi connectivity index (χ2v) is 4.17. The monoisotopic (exact) mass is 255 g/mol. The number of nitrogen functional groups attached to an aromatic ring is 1. The van der Waals surface area contributed by atoms with Gasteiger partial charge in [0.2, 0.25) is 5.95 Å². The summed E-state index contributed by atoms with van der Waals surface area (Å²) in [5.41, 5.74) is 5.17. The lowest BCUT2D eigenvalue weighted by atomic mass is 10.2. The molecule has 7 heteroatoms. The summed E-state index contributed by atoms with van der Waals surface area (Å²) < 4.78 is 0. The molecule has 3 aromatic rings. The molecule has 5 N–H and O–H groups in total. The van der Waals surface area contributed by atoms with Crippen LogP contribution in [0.1, 0.15) is 5.56 Å². The predicted molar refractivity (Wildman–Crippen MR) is 74.0 cm³/mol. The first-order chi connectivity index (χ1) is 9.26. The minimum Gasteiger partial charge on any atom is -0.339 e. The molecule has 2 heterocycles. The smallest absolute Gasteiger partial charge is 0.241 e. The number of hydrazine groups is 1. The van der Waals surface area contributed by atoms with Crippen LogP contribution >= 0.6 is 0 Å². The van der Waals surface area contributed by atoms with E-state index in [0.717, 1.165) is 11.1 Å². The van der Waals surface area contributed by atoms with Crippen LogP contribution in [0.3, 0.4) is 0 Å². The Morgan fingerprint density at radius 1 is 1.26 bits per heavy atom. The van der Waals surface area contributed by atoms with Gasteiger partial charge in [0.1, 0.15) is 5.82 Å². The second-order valence-electron chi connectivity index (χ2n) is 4.17. The highest BCUT2D eigenvalue weighted by molar-refractivity contribution is 5.89. The number of aromatic amines is 1. The number of aromatic nitrogens is 4. The zero-order valence-electron chi connectivity index (χ0n) is 10.3. The summed E-state index contributed by atoms with van der Waals surface area (Å²) in [6, 6.07) is 8.01. The maximum absolute atomic E-state index is 5.36. The average molecular weight is 255 g/mol. The summed E-state index contributed by atoms with van der Waals surface area (Å²) in [5, 5.41) is 10.8. The minimum atomic E-state index is 0.326. The van der Waals surface area contributed by atoms with Crippen molar-refractivity contribution in [2.45, 2.75) is 6.92 Å². The molecule has 0 atom stereocenters. The predicted octanol–water partition coefficient (Wildman–Crippen LogP) is 1.69. The number of hydrogen-bond donors (Lipinski definition) is 4. The normalized spacial score (nSPS) is 10.6. The molecule has 1 aromatic carbocycles. The van der Waals surface area contributed by atoms with Gasteiger partial charge in [0, 0.05) is 5.69 Å². The van der Waals surface area contributed by atoms with E-state index in [0.29, 0.717) is 17.4 Å². The fourth-order valence-corrected chi connectivity index (χ4v) is 1.85. The largest absolute Gasteiger partial charge is 0.339 e. The number of nitrogens with two attached hydrogens (primary N) is 1. The third-order valence-electron chi connectivity index (χ3n) is 2.72. The average Bonchev–Trinajstić information content (AvgIpc) is 2.87. The van der Waals surface area contributed by atoms with Crippen molar-refractivity contribution in [3.63, 3.8) is 0 Å². The van der Waals surface area contributed by atoms with Crippen molar-refractivity contribution in [1.82, 2.24) is 20.2 Å². The Morgan fingerprint density at radius 2 is 2.16 bits per heavy atom. The molecule has 0 radical (unpaired) electrons. The van der Waals surface area contributed by atoms with Crippen LogP contribution in [0, 0.1) is 6.92 Å². The summed E-state index contributed by atoms with van der Waals surface area (Å²) in [6.45, 7) is 2.03. The van der Waals surface area contributed by atoms with E-state index in [2.05, 4.69) is 30.9 Å². The molecule has 0 saturated heterocycles. The molecule has 96 valence electrons. The molecule has 0 aliphatic carbocycles. The van der Waals surface area contributed by atoms with E-state index in [-0.39, 0.29) is 0 Å². The van der Waals surface area contributed by atoms with Crippen LogP contribution in [0.25, 0.3) is 11.0 Å². The van der Waals surface area contributed by atoms with Gasteiger partial charge in [0.15, 0.2) is 5.65 Å². The van der Waals surface area contributed by atoms with Gasteiger partial charge in [-0.15, -0.1) is 0 Å². The van der Waals surface area contributed by atoms with Crippen molar-refractivity contribution < 1.29 is 0 Å². The second kappa shape index (κ2) is 4.54. The van der Waals surface area contributed by atoms with E-state index in [1.54, 1.807) is 6.20 Å². The van der Waals surface area contributed by atoms with Crippen LogP contribution in [0.5, 0.6) is 0 Å². The molecule has 0 fully saturated rings. The van der Waals surface area contributed by atoms with Gasteiger partial charge in [0.25, 0.3) is 0 Å². The summed E-state index contributed by atoms with van der Waals surface area (Å²) in [6.07, 6.45) is 1.67. The zero-order valence-corrected chi connectivity index (χ0v) is 10.3. The minimum absolute atomic E-state index is 0.326. The van der Waals surface area contributed by atoms with E-state index in [9.17, 15) is 0 Å². The van der Waals surface area contributed by atoms with Crippen LogP contribution in [-0.4, -0.2) is 20.2 Å². The molecule has 7 nitrogen and oxygen atoms in total. The topological polar surface area (TPSA) is 105 Å². The summed E-state index contributed by atoms with van der Waals surface area (Å²) >= 11 is 0. The molecule has 2 aromatic heterocycles. The highest BCUT2D eigenvalue weighted by atomic mass is 15.3. The molecule has 19 heavy (non-hydrogen) atoms. The number of anilines is 3. The van der Waals surface area contributed by atoms with Gasteiger partial charge >= 0.3 is 0 Å². The van der Waals surface area contributed by atoms with Gasteiger partial charge in [0.05, 0.1) is 11.6 Å². The van der Waals surface area contributed by atoms with Crippen molar-refractivity contribution in [1.29, 1.82) is 0 Å². The molecule has 0 saturated carbocycles. The van der Waals surface area contributed by atoms with Gasteiger partial charge in [-0.3, -0.25) is 10.5 Å². The maximum atomic E-state index is 5.36. The van der Waals surface area contributed by atoms with E-state index in [1.165, 1.54) is 5.56 Å². The van der Waals surface area contributed by atoms with Gasteiger partial charge in [-0.2, -0.15) is 15.1 Å². The van der Waals surface area contributed by atoms with E-state index < -0.39 is 0 Å². The quantitative estimate of drug-likeness (QED) is 0.419. The Bertz CT molecular complexity index is 719. The lowest BCUT2D eigenvalue weighted by Crippen LogP contribution is -2.11. The number of H-pyrrole nitrogens is 1. The zero-order chi connectivity index (χ0) is 13.2. The van der Waals surface area contributed by atoms with Gasteiger partial charge in [-0.25, -0.2) is 5.84 Å². The summed E-state index contributed by atoms with van der Waals surface area (Å²) in [7, 11) is 0. The van der Waals surface area contributed by atoms with Crippen LogP contribution < -0.4 is 16.6 Å². The van der Waals surface area contributed by atoms with Crippen LogP contribution in [0.15, 0.2) is 30.5 Å². The van der Waals surface area contributed by atoms with Crippen molar-refractivity contribution in [3.8, 4) is 0 Å². The first-order valence-corrected chi connectivity index (χ1v) is 5.77. The Hall–Kier alpha value is -2.67. The van der Waals surface area contributed by atoms with Crippen molar-refractivity contribution >= 4 is 28.5 Å².